The van der Waals surface area contributed by atoms with Crippen LogP contribution in [-0.4, -0.2) is 27.9 Å². The molecule has 0 bridgehead atoms. The number of ketones is 1. The van der Waals surface area contributed by atoms with Gasteiger partial charge in [-0.2, -0.15) is 8.42 Å². The lowest BCUT2D eigenvalue weighted by Crippen LogP contribution is -2.28. The van der Waals surface area contributed by atoms with Crippen LogP contribution in [0.1, 0.15) is 22.8 Å². The van der Waals surface area contributed by atoms with E-state index in [1.54, 1.807) is 19.1 Å². The van der Waals surface area contributed by atoms with Gasteiger partial charge in [0.15, 0.2) is 9.02 Å². The third kappa shape index (κ3) is 4.91. The number of nitrogens with one attached hydrogen (secondary N) is 1. The second kappa shape index (κ2) is 7.47. The molecule has 0 spiro atoms. The Labute approximate surface area is 167 Å². The van der Waals surface area contributed by atoms with Gasteiger partial charge in [-0.3, -0.25) is 14.1 Å². The number of alkyl halides is 2. The second-order valence-electron chi connectivity index (χ2n) is 5.48. The van der Waals surface area contributed by atoms with Crippen molar-refractivity contribution < 1.29 is 22.6 Å². The molecular formula is C16H14Br2N2O5S. The summed E-state index contributed by atoms with van der Waals surface area (Å²) in [4.78, 5) is 23.9. The number of amides is 1. The average molecular weight is 506 g/mol. The molecule has 0 heterocycles. The van der Waals surface area contributed by atoms with Gasteiger partial charge >= 0.3 is 0 Å². The van der Waals surface area contributed by atoms with Crippen molar-refractivity contribution in [3.8, 4) is 0 Å². The van der Waals surface area contributed by atoms with Crippen LogP contribution in [0.15, 0.2) is 47.4 Å². The van der Waals surface area contributed by atoms with E-state index in [-0.39, 0.29) is 22.9 Å². The summed E-state index contributed by atoms with van der Waals surface area (Å²) >= 11 is 6.35. The lowest BCUT2D eigenvalue weighted by Gasteiger charge is -2.14. The summed E-state index contributed by atoms with van der Waals surface area (Å²) in [7, 11) is -4.45. The molecule has 2 aromatic carbocycles. The predicted molar refractivity (Wildman–Crippen MR) is 105 cm³/mol. The summed E-state index contributed by atoms with van der Waals surface area (Å²) in [6.07, 6.45) is 0. The molecule has 0 aliphatic rings. The maximum Gasteiger partial charge on any atom is 0.296 e. The first-order valence-electron chi connectivity index (χ1n) is 7.10. The minimum Gasteiger partial charge on any atom is -0.398 e. The lowest BCUT2D eigenvalue weighted by molar-refractivity contribution is -0.115. The molecule has 0 saturated heterocycles. The topological polar surface area (TPSA) is 127 Å². The predicted octanol–water partition coefficient (Wildman–Crippen LogP) is 3.19. The molecule has 4 N–H and O–H groups in total. The second-order valence-corrected chi connectivity index (χ2v) is 11.1. The third-order valence-corrected chi connectivity index (χ3v) is 5.00. The Morgan fingerprint density at radius 3 is 2.08 bits per heavy atom. The number of anilines is 2. The molecule has 0 unspecified atom stereocenters. The Kier molecular flexibility index (Phi) is 5.91. The molecule has 0 aliphatic heterocycles. The monoisotopic (exact) mass is 504 g/mol. The molecule has 26 heavy (non-hydrogen) atoms. The van der Waals surface area contributed by atoms with Crippen LogP contribution in [0.2, 0.25) is 0 Å². The van der Waals surface area contributed by atoms with Crippen LogP contribution in [-0.2, 0) is 14.9 Å². The highest BCUT2D eigenvalue weighted by Crippen LogP contribution is 2.27. The van der Waals surface area contributed by atoms with Crippen LogP contribution in [0.25, 0.3) is 0 Å². The maximum absolute atomic E-state index is 12.5. The van der Waals surface area contributed by atoms with E-state index in [0.29, 0.717) is 11.3 Å². The van der Waals surface area contributed by atoms with Crippen molar-refractivity contribution in [2.24, 2.45) is 0 Å². The van der Waals surface area contributed by atoms with E-state index in [9.17, 15) is 18.0 Å². The van der Waals surface area contributed by atoms with E-state index < -0.39 is 18.2 Å². The van der Waals surface area contributed by atoms with Gasteiger partial charge in [0.2, 0.25) is 0 Å². The van der Waals surface area contributed by atoms with Crippen LogP contribution in [0.3, 0.4) is 0 Å². The summed E-state index contributed by atoms with van der Waals surface area (Å²) in [5.41, 5.74) is 6.36. The van der Waals surface area contributed by atoms with Crippen molar-refractivity contribution in [1.29, 1.82) is 0 Å². The maximum atomic E-state index is 12.5. The van der Waals surface area contributed by atoms with Gasteiger partial charge in [-0.15, -0.1) is 0 Å². The van der Waals surface area contributed by atoms with Gasteiger partial charge in [0, 0.05) is 16.8 Å². The van der Waals surface area contributed by atoms with Gasteiger partial charge in [-0.25, -0.2) is 0 Å². The summed E-state index contributed by atoms with van der Waals surface area (Å²) < 4.78 is 30.4. The van der Waals surface area contributed by atoms with Crippen molar-refractivity contribution in [2.45, 2.75) is 15.1 Å². The fourth-order valence-corrected chi connectivity index (χ4v) is 2.83. The molecule has 0 atom stereocenters. The molecule has 0 aromatic heterocycles. The molecule has 0 fully saturated rings. The van der Waals surface area contributed by atoms with Crippen LogP contribution in [0, 0.1) is 0 Å². The highest BCUT2D eigenvalue weighted by atomic mass is 79.9. The van der Waals surface area contributed by atoms with Crippen LogP contribution >= 0.6 is 31.9 Å². The van der Waals surface area contributed by atoms with E-state index in [2.05, 4.69) is 37.2 Å². The van der Waals surface area contributed by atoms with Crippen molar-refractivity contribution in [1.82, 2.24) is 0 Å². The summed E-state index contributed by atoms with van der Waals surface area (Å²) in [5.74, 6) is -0.701. The number of benzene rings is 2. The van der Waals surface area contributed by atoms with Gasteiger partial charge in [0.25, 0.3) is 16.0 Å². The van der Waals surface area contributed by atoms with E-state index in [1.807, 2.05) is 0 Å². The standard InChI is InChI=1S/C16H14Br2N2O5S/c1-16(17,18)15(22)20-11-5-2-9(3-6-11)14(21)10-4-7-13(12(19)8-10)26(23,24)25/h2-8H,19H2,1H3,(H,20,22)(H,23,24,25). The highest BCUT2D eigenvalue weighted by molar-refractivity contribution is 9.25. The minimum atomic E-state index is -4.45. The molecule has 0 saturated carbocycles. The number of halogens is 2. The zero-order chi connectivity index (χ0) is 19.7. The molecule has 2 aromatic rings. The fraction of sp³-hybridized carbons (Fsp3) is 0.125. The molecule has 138 valence electrons. The normalized spacial score (nSPS) is 11.8. The number of carbonyl (C=O) groups excluding carboxylic acids is 2. The van der Waals surface area contributed by atoms with E-state index >= 15 is 0 Å². The van der Waals surface area contributed by atoms with Crippen molar-refractivity contribution in [3.05, 3.63) is 53.6 Å². The molecule has 10 heteroatoms. The molecule has 0 radical (unpaired) electrons. The van der Waals surface area contributed by atoms with Crippen molar-refractivity contribution in [2.75, 3.05) is 11.1 Å². The molecular weight excluding hydrogens is 492 g/mol. The SMILES string of the molecule is CC(Br)(Br)C(=O)Nc1ccc(C(=O)c2ccc(S(=O)(=O)O)c(N)c2)cc1. The Bertz CT molecular complexity index is 967. The summed E-state index contributed by atoms with van der Waals surface area (Å²) in [5, 5.41) is 2.66. The van der Waals surface area contributed by atoms with Crippen molar-refractivity contribution in [3.63, 3.8) is 0 Å². The minimum absolute atomic E-state index is 0.167. The van der Waals surface area contributed by atoms with Gasteiger partial charge in [-0.05, 0) is 49.4 Å². The van der Waals surface area contributed by atoms with Gasteiger partial charge in [0.1, 0.15) is 4.90 Å². The van der Waals surface area contributed by atoms with Gasteiger partial charge in [0.05, 0.1) is 5.69 Å². The van der Waals surface area contributed by atoms with Gasteiger partial charge < -0.3 is 11.1 Å². The largest absolute Gasteiger partial charge is 0.398 e. The van der Waals surface area contributed by atoms with E-state index in [1.165, 1.54) is 24.3 Å². The van der Waals surface area contributed by atoms with Crippen LogP contribution in [0.5, 0.6) is 0 Å². The molecule has 2 rings (SSSR count). The van der Waals surface area contributed by atoms with Crippen LogP contribution < -0.4 is 11.1 Å². The first-order valence-corrected chi connectivity index (χ1v) is 10.1. The first-order chi connectivity index (χ1) is 11.9. The zero-order valence-corrected chi connectivity index (χ0v) is 17.4. The summed E-state index contributed by atoms with van der Waals surface area (Å²) in [6.45, 7) is 1.63. The number of nitrogen functional groups attached to an aromatic ring is 1. The lowest BCUT2D eigenvalue weighted by atomic mass is 10.0. The number of hydrogen-bond acceptors (Lipinski definition) is 5. The summed E-state index contributed by atoms with van der Waals surface area (Å²) in [6, 6.07) is 9.68. The number of rotatable bonds is 5. The molecule has 0 aliphatic carbocycles. The van der Waals surface area contributed by atoms with E-state index in [4.69, 9.17) is 10.3 Å². The quantitative estimate of drug-likeness (QED) is 0.248. The molecule has 7 nitrogen and oxygen atoms in total. The number of nitrogens with two attached hydrogens (primary N) is 1. The first kappa shape index (κ1) is 20.6. The number of carbonyl (C=O) groups is 2. The Balaban J connectivity index is 2.23. The Morgan fingerprint density at radius 2 is 1.62 bits per heavy atom. The fourth-order valence-electron chi connectivity index (χ4n) is 2.04. The molecule has 1 amide bonds. The smallest absolute Gasteiger partial charge is 0.296 e. The Hall–Kier alpha value is -1.75. The highest BCUT2D eigenvalue weighted by Gasteiger charge is 2.26. The average Bonchev–Trinajstić information content (AvgIpc) is 2.52. The number of hydrogen-bond donors (Lipinski definition) is 3. The van der Waals surface area contributed by atoms with Gasteiger partial charge in [-0.1, -0.05) is 31.9 Å². The van der Waals surface area contributed by atoms with Crippen molar-refractivity contribution >= 4 is 65.0 Å². The third-order valence-electron chi connectivity index (χ3n) is 3.35. The van der Waals surface area contributed by atoms with Crippen LogP contribution in [0.4, 0.5) is 11.4 Å². The Morgan fingerprint density at radius 1 is 1.08 bits per heavy atom. The van der Waals surface area contributed by atoms with E-state index in [0.717, 1.165) is 6.07 Å². The zero-order valence-electron chi connectivity index (χ0n) is 13.4.